The Morgan fingerprint density at radius 3 is 2.67 bits per heavy atom. The molecule has 2 rings (SSSR count). The van der Waals surface area contributed by atoms with Crippen LogP contribution in [0.3, 0.4) is 0 Å². The first-order chi connectivity index (χ1) is 10.1. The Hall–Kier alpha value is -1.58. The lowest BCUT2D eigenvalue weighted by atomic mass is 10.1. The van der Waals surface area contributed by atoms with Crippen molar-refractivity contribution in [2.75, 3.05) is 18.5 Å². The Morgan fingerprint density at radius 2 is 2.00 bits per heavy atom. The summed E-state index contributed by atoms with van der Waals surface area (Å²) in [6, 6.07) is 12.4. The molecule has 0 amide bonds. The molecule has 0 heterocycles. The Kier molecular flexibility index (Phi) is 5.59. The second kappa shape index (κ2) is 7.43. The van der Waals surface area contributed by atoms with Crippen molar-refractivity contribution in [1.29, 1.82) is 0 Å². The minimum absolute atomic E-state index is 0.254. The summed E-state index contributed by atoms with van der Waals surface area (Å²) in [6.45, 7) is 3.93. The molecule has 0 saturated carbocycles. The number of nitrogens with zero attached hydrogens (tertiary/aromatic N) is 1. The van der Waals surface area contributed by atoms with Gasteiger partial charge in [-0.2, -0.15) is 0 Å². The van der Waals surface area contributed by atoms with Gasteiger partial charge in [0, 0.05) is 19.3 Å². The van der Waals surface area contributed by atoms with Crippen molar-refractivity contribution in [3.8, 4) is 0 Å². The van der Waals surface area contributed by atoms with E-state index in [9.17, 15) is 4.39 Å². The van der Waals surface area contributed by atoms with Gasteiger partial charge in [-0.15, -0.1) is 0 Å². The third-order valence-electron chi connectivity index (χ3n) is 3.32. The highest BCUT2D eigenvalue weighted by Gasteiger charge is 2.09. The topological polar surface area (TPSA) is 15.3 Å². The zero-order valence-electron chi connectivity index (χ0n) is 12.4. The lowest BCUT2D eigenvalue weighted by Crippen LogP contribution is -2.14. The zero-order chi connectivity index (χ0) is 15.2. The van der Waals surface area contributed by atoms with E-state index < -0.39 is 0 Å². The van der Waals surface area contributed by atoms with Crippen LogP contribution in [0.25, 0.3) is 0 Å². The van der Waals surface area contributed by atoms with E-state index in [1.165, 1.54) is 12.1 Å². The molecule has 0 unspecified atom stereocenters. The standard InChI is InChI=1S/C17H20ClFN2/c1-3-9-20-12-13-7-8-17(16(18)10-13)21(2)15-6-4-5-14(19)11-15/h4-8,10-11,20H,3,9,12H2,1-2H3. The van der Waals surface area contributed by atoms with E-state index in [2.05, 4.69) is 12.2 Å². The minimum Gasteiger partial charge on any atom is -0.343 e. The lowest BCUT2D eigenvalue weighted by molar-refractivity contribution is 0.628. The maximum atomic E-state index is 13.3. The minimum atomic E-state index is -0.254. The molecule has 2 aromatic rings. The molecule has 0 fully saturated rings. The molecule has 0 aliphatic rings. The van der Waals surface area contributed by atoms with Gasteiger partial charge in [0.15, 0.2) is 0 Å². The van der Waals surface area contributed by atoms with Crippen LogP contribution < -0.4 is 10.2 Å². The summed E-state index contributed by atoms with van der Waals surface area (Å²) >= 11 is 6.36. The maximum absolute atomic E-state index is 13.3. The maximum Gasteiger partial charge on any atom is 0.125 e. The van der Waals surface area contributed by atoms with Crippen LogP contribution in [0.2, 0.25) is 5.02 Å². The molecular weight excluding hydrogens is 287 g/mol. The van der Waals surface area contributed by atoms with E-state index in [1.54, 1.807) is 6.07 Å². The molecule has 21 heavy (non-hydrogen) atoms. The smallest absolute Gasteiger partial charge is 0.125 e. The van der Waals surface area contributed by atoms with Crippen molar-refractivity contribution < 1.29 is 4.39 Å². The first-order valence-electron chi connectivity index (χ1n) is 7.10. The fraction of sp³-hybridized carbons (Fsp3) is 0.294. The van der Waals surface area contributed by atoms with Crippen molar-refractivity contribution in [3.05, 3.63) is 58.9 Å². The van der Waals surface area contributed by atoms with Gasteiger partial charge in [-0.05, 0) is 48.9 Å². The van der Waals surface area contributed by atoms with E-state index >= 15 is 0 Å². The second-order valence-electron chi connectivity index (χ2n) is 5.00. The highest BCUT2D eigenvalue weighted by molar-refractivity contribution is 6.33. The molecule has 0 aliphatic carbocycles. The highest BCUT2D eigenvalue weighted by Crippen LogP contribution is 2.31. The van der Waals surface area contributed by atoms with Crippen LogP contribution in [0.15, 0.2) is 42.5 Å². The molecular formula is C17H20ClFN2. The number of benzene rings is 2. The summed E-state index contributed by atoms with van der Waals surface area (Å²) in [5.74, 6) is -0.254. The van der Waals surface area contributed by atoms with Gasteiger partial charge >= 0.3 is 0 Å². The summed E-state index contributed by atoms with van der Waals surface area (Å²) in [5, 5.41) is 4.01. The van der Waals surface area contributed by atoms with Gasteiger partial charge in [-0.25, -0.2) is 4.39 Å². The molecule has 0 atom stereocenters. The highest BCUT2D eigenvalue weighted by atomic mass is 35.5. The second-order valence-corrected chi connectivity index (χ2v) is 5.41. The number of anilines is 2. The SMILES string of the molecule is CCCNCc1ccc(N(C)c2cccc(F)c2)c(Cl)c1. The van der Waals surface area contributed by atoms with E-state index in [0.29, 0.717) is 5.02 Å². The number of halogens is 2. The number of hydrogen-bond donors (Lipinski definition) is 1. The van der Waals surface area contributed by atoms with Crippen LogP contribution in [0.1, 0.15) is 18.9 Å². The van der Waals surface area contributed by atoms with Crippen molar-refractivity contribution in [3.63, 3.8) is 0 Å². The zero-order valence-corrected chi connectivity index (χ0v) is 13.1. The van der Waals surface area contributed by atoms with Gasteiger partial charge in [-0.3, -0.25) is 0 Å². The Labute approximate surface area is 130 Å². The monoisotopic (exact) mass is 306 g/mol. The quantitative estimate of drug-likeness (QED) is 0.775. The van der Waals surface area contributed by atoms with Gasteiger partial charge in [0.25, 0.3) is 0 Å². The largest absolute Gasteiger partial charge is 0.343 e. The van der Waals surface area contributed by atoms with Crippen molar-refractivity contribution in [2.24, 2.45) is 0 Å². The fourth-order valence-electron chi connectivity index (χ4n) is 2.17. The Balaban J connectivity index is 2.16. The average molecular weight is 307 g/mol. The third-order valence-corrected chi connectivity index (χ3v) is 3.63. The Bertz CT molecular complexity index is 601. The van der Waals surface area contributed by atoms with Gasteiger partial charge in [0.05, 0.1) is 10.7 Å². The van der Waals surface area contributed by atoms with E-state index in [1.807, 2.05) is 36.2 Å². The van der Waals surface area contributed by atoms with Crippen molar-refractivity contribution in [1.82, 2.24) is 5.32 Å². The molecule has 0 aliphatic heterocycles. The van der Waals surface area contributed by atoms with Gasteiger partial charge in [0.1, 0.15) is 5.82 Å². The molecule has 0 radical (unpaired) electrons. The molecule has 4 heteroatoms. The van der Waals surface area contributed by atoms with Crippen LogP contribution in [-0.2, 0) is 6.54 Å². The molecule has 0 bridgehead atoms. The molecule has 0 spiro atoms. The van der Waals surface area contributed by atoms with Gasteiger partial charge in [0.2, 0.25) is 0 Å². The number of rotatable bonds is 6. The van der Waals surface area contributed by atoms with Gasteiger partial charge < -0.3 is 10.2 Å². The molecule has 112 valence electrons. The van der Waals surface area contributed by atoms with Crippen LogP contribution in [-0.4, -0.2) is 13.6 Å². The van der Waals surface area contributed by atoms with Crippen LogP contribution in [0.4, 0.5) is 15.8 Å². The van der Waals surface area contributed by atoms with Crippen molar-refractivity contribution in [2.45, 2.75) is 19.9 Å². The summed E-state index contributed by atoms with van der Waals surface area (Å²) < 4.78 is 13.3. The van der Waals surface area contributed by atoms with Crippen LogP contribution >= 0.6 is 11.6 Å². The van der Waals surface area contributed by atoms with Crippen molar-refractivity contribution >= 4 is 23.0 Å². The predicted octanol–water partition coefficient (Wildman–Crippen LogP) is 4.75. The first-order valence-corrected chi connectivity index (χ1v) is 7.48. The molecule has 1 N–H and O–H groups in total. The molecule has 2 nitrogen and oxygen atoms in total. The lowest BCUT2D eigenvalue weighted by Gasteiger charge is -2.21. The van der Waals surface area contributed by atoms with E-state index in [4.69, 9.17) is 11.6 Å². The fourth-order valence-corrected chi connectivity index (χ4v) is 2.50. The summed E-state index contributed by atoms with van der Waals surface area (Å²) in [7, 11) is 1.88. The first kappa shape index (κ1) is 15.8. The van der Waals surface area contributed by atoms with Gasteiger partial charge in [-0.1, -0.05) is 30.7 Å². The summed E-state index contributed by atoms with van der Waals surface area (Å²) in [5.41, 5.74) is 2.78. The molecule has 2 aromatic carbocycles. The van der Waals surface area contributed by atoms with E-state index in [-0.39, 0.29) is 5.82 Å². The van der Waals surface area contributed by atoms with Crippen LogP contribution in [0, 0.1) is 5.82 Å². The summed E-state index contributed by atoms with van der Waals surface area (Å²) in [4.78, 5) is 1.88. The third kappa shape index (κ3) is 4.19. The number of nitrogens with one attached hydrogen (secondary N) is 1. The average Bonchev–Trinajstić information content (AvgIpc) is 2.47. The normalized spacial score (nSPS) is 10.7. The molecule has 0 aromatic heterocycles. The summed E-state index contributed by atoms with van der Waals surface area (Å²) in [6.07, 6.45) is 1.11. The van der Waals surface area contributed by atoms with E-state index in [0.717, 1.165) is 36.4 Å². The molecule has 0 saturated heterocycles. The van der Waals surface area contributed by atoms with Crippen LogP contribution in [0.5, 0.6) is 0 Å². The number of hydrogen-bond acceptors (Lipinski definition) is 2. The predicted molar refractivity (Wildman–Crippen MR) is 87.9 cm³/mol. The Morgan fingerprint density at radius 1 is 1.19 bits per heavy atom.